The van der Waals surface area contributed by atoms with Crippen LogP contribution in [0.5, 0.6) is 0 Å². The summed E-state index contributed by atoms with van der Waals surface area (Å²) in [5.74, 6) is 0. The molecule has 20 radical (unpaired) electrons. The summed E-state index contributed by atoms with van der Waals surface area (Å²) in [5, 5.41) is 7.21. The standard InChI is InChI=1S/C32H13B10N/c33-23-21(24(34)28(38)31(41)27(23)37)19-11-15(9-13-5-1-3-7-17(13)19)43-16-10-14-6-2-4-8-18(14)20(12-16)22-25(35)29(39)32(42)30(40)26(22)36/h1-12,43H. The number of benzene rings is 6. The molecule has 0 spiro atoms. The molecule has 0 aliphatic carbocycles. The van der Waals surface area contributed by atoms with E-state index in [1.165, 1.54) is 0 Å². The van der Waals surface area contributed by atoms with Crippen molar-refractivity contribution in [1.29, 1.82) is 0 Å². The van der Waals surface area contributed by atoms with Crippen LogP contribution in [0.25, 0.3) is 43.8 Å². The highest BCUT2D eigenvalue weighted by Crippen LogP contribution is 2.35. The molecule has 6 aromatic carbocycles. The number of hydrogen-bond donors (Lipinski definition) is 1. The number of anilines is 2. The normalized spacial score (nSPS) is 11.3. The molecule has 0 saturated heterocycles. The van der Waals surface area contributed by atoms with E-state index in [0.29, 0.717) is 11.1 Å². The van der Waals surface area contributed by atoms with Crippen LogP contribution in [0.4, 0.5) is 11.4 Å². The molecule has 11 heteroatoms. The maximum Gasteiger partial charge on any atom is 0.113 e. The van der Waals surface area contributed by atoms with Crippen molar-refractivity contribution in [3.05, 3.63) is 72.8 Å². The first kappa shape index (κ1) is 29.4. The van der Waals surface area contributed by atoms with Crippen LogP contribution >= 0.6 is 0 Å². The molecule has 176 valence electrons. The van der Waals surface area contributed by atoms with Gasteiger partial charge in [0.15, 0.2) is 0 Å². The average Bonchev–Trinajstić information content (AvgIpc) is 3.01. The predicted octanol–water partition coefficient (Wildman–Crippen LogP) is -2.99. The fraction of sp³-hybridized carbons (Fsp3) is 0. The second-order valence-corrected chi connectivity index (χ2v) is 10.5. The topological polar surface area (TPSA) is 12.0 Å². The van der Waals surface area contributed by atoms with E-state index < -0.39 is 0 Å². The molecule has 0 amide bonds. The van der Waals surface area contributed by atoms with Crippen molar-refractivity contribution in [2.24, 2.45) is 0 Å². The van der Waals surface area contributed by atoms with Gasteiger partial charge in [0.25, 0.3) is 0 Å². The minimum absolute atomic E-state index is 0.156. The summed E-state index contributed by atoms with van der Waals surface area (Å²) in [6.45, 7) is 0. The SMILES string of the molecule is [B]c1c([B])c([B])c(-c2cc(Nc3cc(-c4c([B])c([B])c([B])c([B])c4[B])c4ccccc4c3)cc3ccccc23)c([B])c1[B]. The molecule has 0 fully saturated rings. The van der Waals surface area contributed by atoms with Crippen LogP contribution in [0, 0.1) is 0 Å². The van der Waals surface area contributed by atoms with E-state index in [1.807, 2.05) is 72.8 Å². The van der Waals surface area contributed by atoms with E-state index in [-0.39, 0.29) is 54.6 Å². The Morgan fingerprint density at radius 2 is 0.651 bits per heavy atom. The van der Waals surface area contributed by atoms with Crippen LogP contribution in [-0.2, 0) is 0 Å². The first-order valence-corrected chi connectivity index (χ1v) is 13.4. The van der Waals surface area contributed by atoms with Gasteiger partial charge in [-0.1, -0.05) is 70.4 Å². The smallest absolute Gasteiger partial charge is 0.113 e. The summed E-state index contributed by atoms with van der Waals surface area (Å²) in [4.78, 5) is 0. The summed E-state index contributed by atoms with van der Waals surface area (Å²) in [5.41, 5.74) is 6.05. The summed E-state index contributed by atoms with van der Waals surface area (Å²) in [6.07, 6.45) is 0. The lowest BCUT2D eigenvalue weighted by atomic mass is 9.59. The van der Waals surface area contributed by atoms with Gasteiger partial charge in [0.1, 0.15) is 78.5 Å². The third-order valence-corrected chi connectivity index (χ3v) is 7.95. The van der Waals surface area contributed by atoms with Crippen molar-refractivity contribution >= 4 is 166 Å². The Morgan fingerprint density at radius 3 is 1.00 bits per heavy atom. The lowest BCUT2D eigenvalue weighted by Gasteiger charge is -2.24. The van der Waals surface area contributed by atoms with Crippen LogP contribution in [0.1, 0.15) is 0 Å². The van der Waals surface area contributed by atoms with Gasteiger partial charge in [-0.3, -0.25) is 0 Å². The zero-order chi connectivity index (χ0) is 30.7. The van der Waals surface area contributed by atoms with Gasteiger partial charge in [-0.15, -0.1) is 32.8 Å². The highest BCUT2D eigenvalue weighted by atomic mass is 14.9. The van der Waals surface area contributed by atoms with Crippen LogP contribution in [-0.4, -0.2) is 78.5 Å². The van der Waals surface area contributed by atoms with Gasteiger partial charge >= 0.3 is 0 Å². The number of hydrogen-bond acceptors (Lipinski definition) is 1. The Morgan fingerprint density at radius 1 is 0.349 bits per heavy atom. The third kappa shape index (κ3) is 4.82. The molecule has 0 aliphatic heterocycles. The molecular formula is C32H13B10N. The lowest BCUT2D eigenvalue weighted by molar-refractivity contribution is 1.58. The monoisotopic (exact) mass is 521 g/mol. The molecule has 0 unspecified atom stereocenters. The van der Waals surface area contributed by atoms with Crippen molar-refractivity contribution in [3.8, 4) is 22.3 Å². The first-order chi connectivity index (χ1) is 20.5. The second-order valence-electron chi connectivity index (χ2n) is 10.5. The molecule has 43 heavy (non-hydrogen) atoms. The summed E-state index contributed by atoms with van der Waals surface area (Å²) < 4.78 is 0. The van der Waals surface area contributed by atoms with Crippen molar-refractivity contribution in [2.75, 3.05) is 5.32 Å². The van der Waals surface area contributed by atoms with Crippen molar-refractivity contribution < 1.29 is 0 Å². The fourth-order valence-corrected chi connectivity index (χ4v) is 5.63. The van der Waals surface area contributed by atoms with E-state index >= 15 is 0 Å². The number of rotatable bonds is 4. The summed E-state index contributed by atoms with van der Waals surface area (Å²) in [6, 6.07) is 23.6. The van der Waals surface area contributed by atoms with Gasteiger partial charge in [0.05, 0.1) is 0 Å². The Bertz CT molecular complexity index is 1910. The highest BCUT2D eigenvalue weighted by Gasteiger charge is 2.18. The number of fused-ring (bicyclic) bond motifs is 2. The molecule has 6 aromatic rings. The average molecular weight is 520 g/mol. The molecule has 0 aliphatic rings. The van der Waals surface area contributed by atoms with Crippen molar-refractivity contribution in [1.82, 2.24) is 0 Å². The molecule has 1 N–H and O–H groups in total. The van der Waals surface area contributed by atoms with Gasteiger partial charge in [-0.25, -0.2) is 0 Å². The van der Waals surface area contributed by atoms with E-state index in [9.17, 15) is 0 Å². The van der Waals surface area contributed by atoms with Gasteiger partial charge in [0, 0.05) is 11.4 Å². The molecule has 0 bridgehead atoms. The minimum atomic E-state index is 0.156. The maximum absolute atomic E-state index is 6.47. The van der Waals surface area contributed by atoms with E-state index in [1.54, 1.807) is 0 Å². The third-order valence-electron chi connectivity index (χ3n) is 7.95. The second kappa shape index (κ2) is 11.1. The molecular weight excluding hydrogens is 506 g/mol. The molecule has 1 nitrogen and oxygen atoms in total. The van der Waals surface area contributed by atoms with Gasteiger partial charge in [0.2, 0.25) is 0 Å². The van der Waals surface area contributed by atoms with Gasteiger partial charge in [-0.05, 0) is 68.1 Å². The first-order valence-electron chi connectivity index (χ1n) is 13.4. The van der Waals surface area contributed by atoms with E-state index in [0.717, 1.165) is 44.0 Å². The van der Waals surface area contributed by atoms with Gasteiger partial charge in [-0.2, -0.15) is 0 Å². The Hall–Kier alpha value is -3.71. The quantitative estimate of drug-likeness (QED) is 0.245. The highest BCUT2D eigenvalue weighted by molar-refractivity contribution is 6.70. The van der Waals surface area contributed by atoms with Crippen LogP contribution < -0.4 is 59.9 Å². The van der Waals surface area contributed by atoms with Crippen LogP contribution in [0.15, 0.2) is 72.8 Å². The summed E-state index contributed by atoms with van der Waals surface area (Å²) >= 11 is 0. The largest absolute Gasteiger partial charge is 0.355 e. The fourth-order valence-electron chi connectivity index (χ4n) is 5.63. The van der Waals surface area contributed by atoms with E-state index in [2.05, 4.69) is 5.32 Å². The minimum Gasteiger partial charge on any atom is -0.355 e. The Labute approximate surface area is 265 Å². The summed E-state index contributed by atoms with van der Waals surface area (Å²) in [7, 11) is 62.9. The molecule has 0 atom stereocenters. The zero-order valence-electron chi connectivity index (χ0n) is 23.2. The Balaban J connectivity index is 1.58. The molecule has 0 heterocycles. The number of nitrogens with one attached hydrogen (secondary N) is 1. The molecule has 0 saturated carbocycles. The van der Waals surface area contributed by atoms with Gasteiger partial charge < -0.3 is 5.32 Å². The lowest BCUT2D eigenvalue weighted by Crippen LogP contribution is -2.55. The van der Waals surface area contributed by atoms with Crippen LogP contribution in [0.3, 0.4) is 0 Å². The van der Waals surface area contributed by atoms with Crippen molar-refractivity contribution in [2.45, 2.75) is 0 Å². The van der Waals surface area contributed by atoms with Crippen LogP contribution in [0.2, 0.25) is 0 Å². The van der Waals surface area contributed by atoms with E-state index in [4.69, 9.17) is 78.5 Å². The Kier molecular flexibility index (Phi) is 7.57. The molecule has 6 rings (SSSR count). The maximum atomic E-state index is 6.47. The molecule has 0 aromatic heterocycles. The zero-order valence-corrected chi connectivity index (χ0v) is 23.2. The van der Waals surface area contributed by atoms with Crippen molar-refractivity contribution in [3.63, 3.8) is 0 Å². The predicted molar refractivity (Wildman–Crippen MR) is 196 cm³/mol.